The molecule has 0 saturated carbocycles. The summed E-state index contributed by atoms with van der Waals surface area (Å²) in [6, 6.07) is -0.634. The Morgan fingerprint density at radius 3 is 1.66 bits per heavy atom. The quantitative estimate of drug-likeness (QED) is 0.564. The molecular formula is C23H42N2O4. The Hall–Kier alpha value is -1.56. The van der Waals surface area contributed by atoms with E-state index in [1.807, 2.05) is 34.6 Å². The third-order valence-electron chi connectivity index (χ3n) is 4.70. The lowest BCUT2D eigenvalue weighted by molar-refractivity contribution is -0.143. The van der Waals surface area contributed by atoms with E-state index in [1.54, 1.807) is 34.6 Å². The number of hydrogen-bond donors (Lipinski definition) is 1. The fourth-order valence-electron chi connectivity index (χ4n) is 2.57. The maximum atomic E-state index is 13.4. The zero-order chi connectivity index (χ0) is 23.2. The van der Waals surface area contributed by atoms with Crippen molar-refractivity contribution in [1.82, 2.24) is 10.2 Å². The molecule has 0 bridgehead atoms. The Kier molecular flexibility index (Phi) is 10.4. The number of carbonyl (C=O) groups excluding carboxylic acids is 4. The first-order valence-electron chi connectivity index (χ1n) is 10.6. The molecule has 168 valence electrons. The molecule has 0 aromatic carbocycles. The summed E-state index contributed by atoms with van der Waals surface area (Å²) < 4.78 is 0. The zero-order valence-corrected chi connectivity index (χ0v) is 20.1. The maximum absolute atomic E-state index is 13.4. The van der Waals surface area contributed by atoms with E-state index in [-0.39, 0.29) is 60.1 Å². The van der Waals surface area contributed by atoms with E-state index in [4.69, 9.17) is 0 Å². The largest absolute Gasteiger partial charge is 0.327 e. The summed E-state index contributed by atoms with van der Waals surface area (Å²) >= 11 is 0. The summed E-state index contributed by atoms with van der Waals surface area (Å²) in [5, 5.41) is 3.28. The smallest absolute Gasteiger partial charge is 0.240 e. The van der Waals surface area contributed by atoms with E-state index >= 15 is 0 Å². The van der Waals surface area contributed by atoms with Crippen LogP contribution in [0.2, 0.25) is 0 Å². The van der Waals surface area contributed by atoms with Crippen LogP contribution in [0.3, 0.4) is 0 Å². The highest BCUT2D eigenvalue weighted by Gasteiger charge is 2.33. The van der Waals surface area contributed by atoms with Crippen LogP contribution in [-0.4, -0.2) is 52.8 Å². The van der Waals surface area contributed by atoms with Crippen molar-refractivity contribution in [3.05, 3.63) is 0 Å². The van der Waals surface area contributed by atoms with E-state index < -0.39 is 11.5 Å². The summed E-state index contributed by atoms with van der Waals surface area (Å²) in [7, 11) is 0. The van der Waals surface area contributed by atoms with Crippen LogP contribution < -0.4 is 5.32 Å². The molecule has 0 aromatic heterocycles. The molecule has 0 aliphatic heterocycles. The third-order valence-corrected chi connectivity index (χ3v) is 4.70. The van der Waals surface area contributed by atoms with Crippen molar-refractivity contribution in [1.29, 1.82) is 0 Å². The lowest BCUT2D eigenvalue weighted by atomic mass is 9.90. The Labute approximate surface area is 177 Å². The second-order valence-corrected chi connectivity index (χ2v) is 10.6. The van der Waals surface area contributed by atoms with Gasteiger partial charge in [-0.1, -0.05) is 48.5 Å². The van der Waals surface area contributed by atoms with Crippen molar-refractivity contribution in [2.45, 2.75) is 93.7 Å². The second-order valence-electron chi connectivity index (χ2n) is 10.6. The molecule has 29 heavy (non-hydrogen) atoms. The van der Waals surface area contributed by atoms with Crippen LogP contribution in [0.4, 0.5) is 0 Å². The van der Waals surface area contributed by atoms with Gasteiger partial charge in [-0.3, -0.25) is 19.2 Å². The van der Waals surface area contributed by atoms with E-state index in [0.717, 1.165) is 0 Å². The van der Waals surface area contributed by atoms with Crippen molar-refractivity contribution in [3.8, 4) is 0 Å². The van der Waals surface area contributed by atoms with Gasteiger partial charge in [0, 0.05) is 29.2 Å². The number of rotatable bonds is 11. The molecule has 0 heterocycles. The van der Waals surface area contributed by atoms with Gasteiger partial charge in [0.15, 0.2) is 11.6 Å². The number of nitrogens with zero attached hydrogens (tertiary/aromatic N) is 1. The molecule has 0 aliphatic carbocycles. The molecule has 0 fully saturated rings. The minimum atomic E-state index is -0.634. The first-order valence-corrected chi connectivity index (χ1v) is 10.6. The number of amides is 1. The van der Waals surface area contributed by atoms with Crippen LogP contribution in [0.5, 0.6) is 0 Å². The molecule has 0 radical (unpaired) electrons. The Balaban J connectivity index is 5.69. The highest BCUT2D eigenvalue weighted by Crippen LogP contribution is 2.17. The van der Waals surface area contributed by atoms with Gasteiger partial charge in [-0.2, -0.15) is 0 Å². The number of hydrogen-bond acceptors (Lipinski definition) is 5. The molecule has 0 rings (SSSR count). The van der Waals surface area contributed by atoms with Gasteiger partial charge >= 0.3 is 0 Å². The standard InChI is InChI=1S/C23H42N2O4/c1-15(2)18(26)12-11-17(24-23(8,9)10)21(29)25(13-19(27)16(3)4)14-20(28)22(5,6)7/h15-17,24H,11-14H2,1-10H3. The third kappa shape index (κ3) is 10.7. The molecule has 0 spiro atoms. The van der Waals surface area contributed by atoms with Crippen molar-refractivity contribution in [2.75, 3.05) is 13.1 Å². The van der Waals surface area contributed by atoms with Gasteiger partial charge in [0.1, 0.15) is 5.78 Å². The minimum Gasteiger partial charge on any atom is -0.327 e. The van der Waals surface area contributed by atoms with E-state index in [2.05, 4.69) is 5.32 Å². The van der Waals surface area contributed by atoms with Crippen molar-refractivity contribution < 1.29 is 19.2 Å². The number of Topliss-reactive ketones (excluding diaryl/α,β-unsaturated/α-hetero) is 3. The summed E-state index contributed by atoms with van der Waals surface area (Å²) in [5.74, 6) is -0.728. The fraction of sp³-hybridized carbons (Fsp3) is 0.826. The number of nitrogens with one attached hydrogen (secondary N) is 1. The average molecular weight is 411 g/mol. The van der Waals surface area contributed by atoms with E-state index in [0.29, 0.717) is 6.42 Å². The lowest BCUT2D eigenvalue weighted by Gasteiger charge is -2.33. The average Bonchev–Trinajstić information content (AvgIpc) is 2.54. The fourth-order valence-corrected chi connectivity index (χ4v) is 2.57. The molecular weight excluding hydrogens is 368 g/mol. The summed E-state index contributed by atoms with van der Waals surface area (Å²) in [4.78, 5) is 51.8. The van der Waals surface area contributed by atoms with Gasteiger partial charge in [0.25, 0.3) is 0 Å². The van der Waals surface area contributed by atoms with Gasteiger partial charge in [0.05, 0.1) is 19.1 Å². The highest BCUT2D eigenvalue weighted by molar-refractivity contribution is 5.94. The monoisotopic (exact) mass is 410 g/mol. The highest BCUT2D eigenvalue weighted by atomic mass is 16.2. The van der Waals surface area contributed by atoms with Crippen LogP contribution in [0, 0.1) is 17.3 Å². The van der Waals surface area contributed by atoms with Crippen molar-refractivity contribution in [3.63, 3.8) is 0 Å². The number of ketones is 3. The van der Waals surface area contributed by atoms with Crippen LogP contribution in [0.1, 0.15) is 82.1 Å². The van der Waals surface area contributed by atoms with Crippen LogP contribution in [0.15, 0.2) is 0 Å². The van der Waals surface area contributed by atoms with E-state index in [1.165, 1.54) is 4.90 Å². The van der Waals surface area contributed by atoms with Crippen LogP contribution in [0.25, 0.3) is 0 Å². The molecule has 0 saturated heterocycles. The van der Waals surface area contributed by atoms with E-state index in [9.17, 15) is 19.2 Å². The van der Waals surface area contributed by atoms with Gasteiger partial charge in [-0.15, -0.1) is 0 Å². The molecule has 1 N–H and O–H groups in total. The molecule has 0 aliphatic rings. The molecule has 6 heteroatoms. The molecule has 1 atom stereocenters. The Bertz CT molecular complexity index is 595. The minimum absolute atomic E-state index is 0.0900. The van der Waals surface area contributed by atoms with Gasteiger partial charge in [-0.05, 0) is 27.2 Å². The number of carbonyl (C=O) groups is 4. The zero-order valence-electron chi connectivity index (χ0n) is 20.1. The first-order chi connectivity index (χ1) is 13.0. The summed E-state index contributed by atoms with van der Waals surface area (Å²) in [6.45, 7) is 18.3. The van der Waals surface area contributed by atoms with Crippen LogP contribution in [-0.2, 0) is 19.2 Å². The predicted molar refractivity (Wildman–Crippen MR) is 117 cm³/mol. The van der Waals surface area contributed by atoms with Gasteiger partial charge in [0.2, 0.25) is 5.91 Å². The predicted octanol–water partition coefficient (Wildman–Crippen LogP) is 3.42. The Morgan fingerprint density at radius 2 is 1.28 bits per heavy atom. The topological polar surface area (TPSA) is 83.6 Å². The van der Waals surface area contributed by atoms with Crippen molar-refractivity contribution in [2.24, 2.45) is 17.3 Å². The van der Waals surface area contributed by atoms with Gasteiger partial charge < -0.3 is 10.2 Å². The SMILES string of the molecule is CC(C)C(=O)CCC(NC(C)(C)C)C(=O)N(CC(=O)C(C)C)CC(=O)C(C)(C)C. The van der Waals surface area contributed by atoms with Crippen LogP contribution >= 0.6 is 0 Å². The molecule has 1 unspecified atom stereocenters. The van der Waals surface area contributed by atoms with Gasteiger partial charge in [-0.25, -0.2) is 0 Å². The summed E-state index contributed by atoms with van der Waals surface area (Å²) in [6.07, 6.45) is 0.611. The molecule has 6 nitrogen and oxygen atoms in total. The lowest BCUT2D eigenvalue weighted by Crippen LogP contribution is -2.55. The second kappa shape index (κ2) is 11.0. The first kappa shape index (κ1) is 27.4. The normalized spacial score (nSPS) is 13.5. The maximum Gasteiger partial charge on any atom is 0.240 e. The molecule has 0 aromatic rings. The van der Waals surface area contributed by atoms with Crippen molar-refractivity contribution >= 4 is 23.3 Å². The molecule has 1 amide bonds. The summed E-state index contributed by atoms with van der Waals surface area (Å²) in [5.41, 5.74) is -0.969. The Morgan fingerprint density at radius 1 is 0.793 bits per heavy atom.